The Bertz CT molecular complexity index is 431. The Morgan fingerprint density at radius 2 is 1.74 bits per heavy atom. The van der Waals surface area contributed by atoms with Crippen LogP contribution in [0.4, 0.5) is 5.69 Å². The Morgan fingerprint density at radius 3 is 2.32 bits per heavy atom. The molecule has 2 rings (SSSR count). The van der Waals surface area contributed by atoms with E-state index < -0.39 is 0 Å². The minimum Gasteiger partial charge on any atom is -0.507 e. The topological polar surface area (TPSA) is 32.3 Å². The molecule has 19 heavy (non-hydrogen) atoms. The molecule has 1 aliphatic rings. The molecule has 0 unspecified atom stereocenters. The fourth-order valence-electron chi connectivity index (χ4n) is 3.14. The Balaban J connectivity index is 1.98. The summed E-state index contributed by atoms with van der Waals surface area (Å²) in [5.41, 5.74) is 3.02. The van der Waals surface area contributed by atoms with Crippen molar-refractivity contribution in [3.8, 4) is 5.75 Å². The van der Waals surface area contributed by atoms with Gasteiger partial charge in [-0.05, 0) is 63.0 Å². The van der Waals surface area contributed by atoms with Crippen molar-refractivity contribution >= 4 is 5.69 Å². The van der Waals surface area contributed by atoms with Crippen LogP contribution >= 0.6 is 0 Å². The molecule has 0 radical (unpaired) electrons. The van der Waals surface area contributed by atoms with Gasteiger partial charge in [0.25, 0.3) is 0 Å². The first kappa shape index (κ1) is 14.2. The van der Waals surface area contributed by atoms with E-state index in [0.717, 1.165) is 28.7 Å². The highest BCUT2D eigenvalue weighted by atomic mass is 16.3. The molecule has 0 aliphatic heterocycles. The maximum atomic E-state index is 9.99. The van der Waals surface area contributed by atoms with Gasteiger partial charge in [0, 0.05) is 17.3 Å². The molecule has 0 aromatic heterocycles. The second kappa shape index (κ2) is 5.85. The number of benzene rings is 1. The lowest BCUT2D eigenvalue weighted by molar-refractivity contribution is 0.267. The van der Waals surface area contributed by atoms with Gasteiger partial charge in [0.15, 0.2) is 0 Å². The summed E-state index contributed by atoms with van der Waals surface area (Å²) in [6.45, 7) is 8.60. The highest BCUT2D eigenvalue weighted by Crippen LogP contribution is 2.33. The van der Waals surface area contributed by atoms with Gasteiger partial charge in [0.1, 0.15) is 5.75 Å². The Hall–Kier alpha value is -1.18. The van der Waals surface area contributed by atoms with E-state index in [1.807, 2.05) is 19.9 Å². The van der Waals surface area contributed by atoms with Crippen molar-refractivity contribution in [2.24, 2.45) is 11.8 Å². The van der Waals surface area contributed by atoms with Crippen molar-refractivity contribution in [2.75, 3.05) is 5.32 Å². The molecule has 0 bridgehead atoms. The summed E-state index contributed by atoms with van der Waals surface area (Å²) in [6.07, 6.45) is 5.15. The van der Waals surface area contributed by atoms with Crippen molar-refractivity contribution in [1.82, 2.24) is 0 Å². The van der Waals surface area contributed by atoms with E-state index >= 15 is 0 Å². The molecule has 0 saturated heterocycles. The van der Waals surface area contributed by atoms with Crippen molar-refractivity contribution in [1.29, 1.82) is 0 Å². The first-order chi connectivity index (χ1) is 8.99. The number of aryl methyl sites for hydroxylation is 1. The third kappa shape index (κ3) is 3.23. The van der Waals surface area contributed by atoms with Gasteiger partial charge in [-0.1, -0.05) is 19.9 Å². The SMILES string of the molecule is Cc1ccc(NC2CCC(C(C)C)CC2)c(C)c1O. The van der Waals surface area contributed by atoms with Gasteiger partial charge in [-0.25, -0.2) is 0 Å². The van der Waals surface area contributed by atoms with Crippen LogP contribution in [0.1, 0.15) is 50.7 Å². The second-order valence-electron chi connectivity index (χ2n) is 6.40. The Kier molecular flexibility index (Phi) is 4.38. The quantitative estimate of drug-likeness (QED) is 0.831. The number of anilines is 1. The average molecular weight is 261 g/mol. The molecule has 1 saturated carbocycles. The Morgan fingerprint density at radius 1 is 1.11 bits per heavy atom. The van der Waals surface area contributed by atoms with Crippen molar-refractivity contribution in [3.05, 3.63) is 23.3 Å². The van der Waals surface area contributed by atoms with Crippen molar-refractivity contribution in [3.63, 3.8) is 0 Å². The minimum absolute atomic E-state index is 0.431. The molecule has 1 aromatic carbocycles. The van der Waals surface area contributed by atoms with Crippen LogP contribution in [0.3, 0.4) is 0 Å². The van der Waals surface area contributed by atoms with E-state index in [-0.39, 0.29) is 0 Å². The van der Waals surface area contributed by atoms with Crippen molar-refractivity contribution in [2.45, 2.75) is 59.4 Å². The van der Waals surface area contributed by atoms with Crippen LogP contribution in [0, 0.1) is 25.7 Å². The van der Waals surface area contributed by atoms with Gasteiger partial charge in [-0.3, -0.25) is 0 Å². The van der Waals surface area contributed by atoms with Gasteiger partial charge in [0.05, 0.1) is 0 Å². The number of phenolic OH excluding ortho intramolecular Hbond substituents is 1. The molecule has 0 heterocycles. The lowest BCUT2D eigenvalue weighted by Crippen LogP contribution is -2.28. The highest BCUT2D eigenvalue weighted by molar-refractivity contribution is 5.59. The zero-order chi connectivity index (χ0) is 14.0. The zero-order valence-electron chi connectivity index (χ0n) is 12.7. The fraction of sp³-hybridized carbons (Fsp3) is 0.647. The summed E-state index contributed by atoms with van der Waals surface area (Å²) in [4.78, 5) is 0. The number of nitrogens with one attached hydrogen (secondary N) is 1. The van der Waals surface area contributed by atoms with E-state index in [0.29, 0.717) is 11.8 Å². The van der Waals surface area contributed by atoms with Crippen LogP contribution in [0.2, 0.25) is 0 Å². The lowest BCUT2D eigenvalue weighted by Gasteiger charge is -2.32. The summed E-state index contributed by atoms with van der Waals surface area (Å²) in [5, 5.41) is 13.6. The molecule has 1 aliphatic carbocycles. The highest BCUT2D eigenvalue weighted by Gasteiger charge is 2.23. The summed E-state index contributed by atoms with van der Waals surface area (Å²) >= 11 is 0. The summed E-state index contributed by atoms with van der Waals surface area (Å²) < 4.78 is 0. The predicted molar refractivity (Wildman–Crippen MR) is 81.8 cm³/mol. The molecule has 106 valence electrons. The number of hydrogen-bond acceptors (Lipinski definition) is 2. The number of phenols is 1. The van der Waals surface area contributed by atoms with E-state index in [1.54, 1.807) is 0 Å². The van der Waals surface area contributed by atoms with E-state index in [2.05, 4.69) is 25.2 Å². The van der Waals surface area contributed by atoms with Gasteiger partial charge >= 0.3 is 0 Å². The van der Waals surface area contributed by atoms with E-state index in [4.69, 9.17) is 0 Å². The monoisotopic (exact) mass is 261 g/mol. The van der Waals surface area contributed by atoms with Gasteiger partial charge < -0.3 is 10.4 Å². The third-order valence-corrected chi connectivity index (χ3v) is 4.71. The molecule has 2 nitrogen and oxygen atoms in total. The number of aromatic hydroxyl groups is 1. The molecule has 2 heteroatoms. The third-order valence-electron chi connectivity index (χ3n) is 4.71. The van der Waals surface area contributed by atoms with Crippen LogP contribution in [-0.2, 0) is 0 Å². The molecule has 0 amide bonds. The van der Waals surface area contributed by atoms with Crippen molar-refractivity contribution < 1.29 is 5.11 Å². The first-order valence-corrected chi connectivity index (χ1v) is 7.54. The molecular formula is C17H27NO. The first-order valence-electron chi connectivity index (χ1n) is 7.54. The smallest absolute Gasteiger partial charge is 0.123 e. The Labute approximate surface area is 117 Å². The largest absolute Gasteiger partial charge is 0.507 e. The molecule has 1 fully saturated rings. The maximum absolute atomic E-state index is 9.99. The average Bonchev–Trinajstić information content (AvgIpc) is 2.40. The molecule has 0 spiro atoms. The van der Waals surface area contributed by atoms with Crippen LogP contribution in [-0.4, -0.2) is 11.1 Å². The van der Waals surface area contributed by atoms with E-state index in [1.165, 1.54) is 25.7 Å². The predicted octanol–water partition coefficient (Wildman–Crippen LogP) is 4.64. The van der Waals surface area contributed by atoms with Crippen LogP contribution < -0.4 is 5.32 Å². The number of hydrogen-bond donors (Lipinski definition) is 2. The van der Waals surface area contributed by atoms with Gasteiger partial charge in [0.2, 0.25) is 0 Å². The maximum Gasteiger partial charge on any atom is 0.123 e. The molecule has 2 N–H and O–H groups in total. The summed E-state index contributed by atoms with van der Waals surface area (Å²) in [5.74, 6) is 2.14. The number of rotatable bonds is 3. The standard InChI is InChI=1S/C17H27NO/c1-11(2)14-6-8-15(9-7-14)18-16-10-5-12(3)17(19)13(16)4/h5,10-11,14-15,18-19H,6-9H2,1-4H3. The van der Waals surface area contributed by atoms with Gasteiger partial charge in [-0.2, -0.15) is 0 Å². The molecule has 0 atom stereocenters. The molecule has 1 aromatic rings. The van der Waals surface area contributed by atoms with Crippen LogP contribution in [0.25, 0.3) is 0 Å². The fourth-order valence-corrected chi connectivity index (χ4v) is 3.14. The summed E-state index contributed by atoms with van der Waals surface area (Å²) in [7, 11) is 0. The lowest BCUT2D eigenvalue weighted by atomic mass is 9.79. The second-order valence-corrected chi connectivity index (χ2v) is 6.40. The normalized spacial score (nSPS) is 23.6. The van der Waals surface area contributed by atoms with Gasteiger partial charge in [-0.15, -0.1) is 0 Å². The summed E-state index contributed by atoms with van der Waals surface area (Å²) in [6, 6.07) is 4.65. The minimum atomic E-state index is 0.431. The van der Waals surface area contributed by atoms with E-state index in [9.17, 15) is 5.11 Å². The van der Waals surface area contributed by atoms with Crippen LogP contribution in [0.15, 0.2) is 12.1 Å². The zero-order valence-corrected chi connectivity index (χ0v) is 12.7. The van der Waals surface area contributed by atoms with Crippen LogP contribution in [0.5, 0.6) is 5.75 Å². The molecular weight excluding hydrogens is 234 g/mol.